The number of esters is 1. The van der Waals surface area contributed by atoms with Crippen LogP contribution >= 0.6 is 0 Å². The molecule has 2 N–H and O–H groups in total. The normalized spacial score (nSPS) is 15.5. The second-order valence-electron chi connectivity index (χ2n) is 8.41. The van der Waals surface area contributed by atoms with Crippen molar-refractivity contribution >= 4 is 35.5 Å². The molecule has 1 unspecified atom stereocenters. The molecule has 0 saturated carbocycles. The third-order valence-corrected chi connectivity index (χ3v) is 5.60. The molecule has 1 aliphatic rings. The Labute approximate surface area is 213 Å². The third kappa shape index (κ3) is 7.99. The fraction of sp³-hybridized carbons (Fsp3) is 0.308. The van der Waals surface area contributed by atoms with Gasteiger partial charge in [0.05, 0.1) is 18.0 Å². The largest absolute Gasteiger partial charge is 0.466 e. The number of nitro groups is 1. The van der Waals surface area contributed by atoms with Crippen molar-refractivity contribution in [2.24, 2.45) is 0 Å². The Morgan fingerprint density at radius 3 is 2.65 bits per heavy atom. The number of carbonyl (C=O) groups excluding carboxylic acids is 4. The molecule has 1 fully saturated rings. The summed E-state index contributed by atoms with van der Waals surface area (Å²) in [6.45, 7) is 1.64. The number of ether oxygens (including phenoxy) is 1. The van der Waals surface area contributed by atoms with Crippen molar-refractivity contribution in [2.45, 2.75) is 32.2 Å². The molecular weight excluding hydrogens is 480 g/mol. The van der Waals surface area contributed by atoms with Gasteiger partial charge in [0.1, 0.15) is 11.7 Å². The van der Waals surface area contributed by atoms with Crippen LogP contribution in [-0.4, -0.2) is 59.3 Å². The smallest absolute Gasteiger partial charge is 0.308 e. The predicted molar refractivity (Wildman–Crippen MR) is 134 cm³/mol. The second kappa shape index (κ2) is 13.0. The van der Waals surface area contributed by atoms with Crippen molar-refractivity contribution < 1.29 is 28.8 Å². The number of amides is 3. The maximum Gasteiger partial charge on any atom is 0.308 e. The Kier molecular flexibility index (Phi) is 9.48. The number of nitrogens with zero attached hydrogens (tertiary/aromatic N) is 2. The SMILES string of the molecule is CC(=O)N/C(=C/c1cccc([N+](=O)[O-])c1)C(=O)N1CCNC(=O)C1CC(=O)OCCCc1ccccc1. The molecule has 11 nitrogen and oxygen atoms in total. The van der Waals surface area contributed by atoms with Crippen molar-refractivity contribution in [1.82, 2.24) is 15.5 Å². The predicted octanol–water partition coefficient (Wildman–Crippen LogP) is 1.96. The quantitative estimate of drug-likeness (QED) is 0.164. The lowest BCUT2D eigenvalue weighted by Crippen LogP contribution is -2.58. The van der Waals surface area contributed by atoms with E-state index in [2.05, 4.69) is 10.6 Å². The van der Waals surface area contributed by atoms with Crippen LogP contribution in [0.1, 0.15) is 30.9 Å². The molecule has 11 heteroatoms. The maximum absolute atomic E-state index is 13.4. The summed E-state index contributed by atoms with van der Waals surface area (Å²) in [4.78, 5) is 62.0. The number of hydrogen-bond donors (Lipinski definition) is 2. The van der Waals surface area contributed by atoms with Gasteiger partial charge in [-0.15, -0.1) is 0 Å². The van der Waals surface area contributed by atoms with E-state index in [1.165, 1.54) is 42.2 Å². The fourth-order valence-corrected chi connectivity index (χ4v) is 3.87. The van der Waals surface area contributed by atoms with Crippen LogP contribution in [0.2, 0.25) is 0 Å². The number of hydrogen-bond acceptors (Lipinski definition) is 7. The van der Waals surface area contributed by atoms with Crippen molar-refractivity contribution in [3.63, 3.8) is 0 Å². The Morgan fingerprint density at radius 2 is 1.95 bits per heavy atom. The average Bonchev–Trinajstić information content (AvgIpc) is 2.87. The van der Waals surface area contributed by atoms with E-state index >= 15 is 0 Å². The summed E-state index contributed by atoms with van der Waals surface area (Å²) in [6.07, 6.45) is 2.27. The number of non-ortho nitro benzene ring substituents is 1. The molecule has 0 bridgehead atoms. The highest BCUT2D eigenvalue weighted by atomic mass is 16.6. The highest BCUT2D eigenvalue weighted by Gasteiger charge is 2.36. The molecule has 1 aliphatic heterocycles. The highest BCUT2D eigenvalue weighted by Crippen LogP contribution is 2.18. The molecule has 2 aromatic rings. The third-order valence-electron chi connectivity index (χ3n) is 5.60. The van der Waals surface area contributed by atoms with E-state index in [0.29, 0.717) is 12.0 Å². The molecule has 0 aromatic heterocycles. The molecule has 1 heterocycles. The first kappa shape index (κ1) is 27.1. The second-order valence-corrected chi connectivity index (χ2v) is 8.41. The van der Waals surface area contributed by atoms with Gasteiger partial charge in [0, 0.05) is 32.1 Å². The first-order valence-corrected chi connectivity index (χ1v) is 11.8. The summed E-state index contributed by atoms with van der Waals surface area (Å²) < 4.78 is 5.29. The van der Waals surface area contributed by atoms with Gasteiger partial charge < -0.3 is 20.3 Å². The zero-order valence-electron chi connectivity index (χ0n) is 20.3. The molecule has 0 spiro atoms. The maximum atomic E-state index is 13.4. The van der Waals surface area contributed by atoms with E-state index in [1.54, 1.807) is 0 Å². The summed E-state index contributed by atoms with van der Waals surface area (Å²) in [5.41, 5.74) is 1.06. The molecule has 3 rings (SSSR count). The molecule has 1 saturated heterocycles. The minimum absolute atomic E-state index is 0.0996. The van der Waals surface area contributed by atoms with E-state index in [0.717, 1.165) is 12.0 Å². The lowest BCUT2D eigenvalue weighted by atomic mass is 10.1. The number of benzene rings is 2. The standard InChI is InChI=1S/C26H28N4O7/c1-18(31)28-22(16-20-9-5-11-21(15-20)30(35)36)26(34)29-13-12-27-25(33)23(29)17-24(32)37-14-6-10-19-7-3-2-4-8-19/h2-5,7-9,11,15-16,23H,6,10,12-14,17H2,1H3,(H,27,33)(H,28,31)/b22-16+. The van der Waals surface area contributed by atoms with Gasteiger partial charge >= 0.3 is 5.97 Å². The molecule has 194 valence electrons. The molecule has 2 aromatic carbocycles. The van der Waals surface area contributed by atoms with Gasteiger partial charge in [-0.1, -0.05) is 42.5 Å². The molecule has 3 amide bonds. The Hall–Kier alpha value is -4.54. The highest BCUT2D eigenvalue weighted by molar-refractivity contribution is 6.03. The summed E-state index contributed by atoms with van der Waals surface area (Å²) in [5.74, 6) is -2.38. The van der Waals surface area contributed by atoms with Gasteiger partial charge in [-0.25, -0.2) is 0 Å². The van der Waals surface area contributed by atoms with Crippen molar-refractivity contribution in [2.75, 3.05) is 19.7 Å². The number of nitro benzene ring substituents is 1. The lowest BCUT2D eigenvalue weighted by molar-refractivity contribution is -0.384. The first-order valence-electron chi connectivity index (χ1n) is 11.8. The number of rotatable bonds is 10. The molecule has 0 aliphatic carbocycles. The number of piperazine rings is 1. The first-order chi connectivity index (χ1) is 17.7. The van der Waals surface area contributed by atoms with E-state index < -0.39 is 34.7 Å². The van der Waals surface area contributed by atoms with Crippen LogP contribution in [-0.2, 0) is 30.3 Å². The molecule has 1 atom stereocenters. The van der Waals surface area contributed by atoms with Gasteiger partial charge in [-0.2, -0.15) is 0 Å². The van der Waals surface area contributed by atoms with E-state index in [9.17, 15) is 29.3 Å². The van der Waals surface area contributed by atoms with Crippen LogP contribution in [0.4, 0.5) is 5.69 Å². The van der Waals surface area contributed by atoms with Gasteiger partial charge in [-0.3, -0.25) is 29.3 Å². The van der Waals surface area contributed by atoms with Gasteiger partial charge in [0.2, 0.25) is 11.8 Å². The summed E-state index contributed by atoms with van der Waals surface area (Å²) in [7, 11) is 0. The van der Waals surface area contributed by atoms with E-state index in [4.69, 9.17) is 4.74 Å². The van der Waals surface area contributed by atoms with E-state index in [1.807, 2.05) is 30.3 Å². The Bertz CT molecular complexity index is 1200. The average molecular weight is 509 g/mol. The van der Waals surface area contributed by atoms with Gasteiger partial charge in [-0.05, 0) is 30.0 Å². The van der Waals surface area contributed by atoms with Gasteiger partial charge in [0.25, 0.3) is 11.6 Å². The lowest BCUT2D eigenvalue weighted by Gasteiger charge is -2.35. The van der Waals surface area contributed by atoms with Crippen molar-refractivity contribution in [3.8, 4) is 0 Å². The number of aryl methyl sites for hydroxylation is 1. The van der Waals surface area contributed by atoms with E-state index in [-0.39, 0.29) is 37.5 Å². The fourth-order valence-electron chi connectivity index (χ4n) is 3.87. The zero-order valence-corrected chi connectivity index (χ0v) is 20.3. The van der Waals surface area contributed by atoms with Crippen LogP contribution in [0, 0.1) is 10.1 Å². The van der Waals surface area contributed by atoms with Crippen LogP contribution in [0.3, 0.4) is 0 Å². The van der Waals surface area contributed by atoms with Crippen LogP contribution in [0.25, 0.3) is 6.08 Å². The Balaban J connectivity index is 1.70. The summed E-state index contributed by atoms with van der Waals surface area (Å²) >= 11 is 0. The van der Waals surface area contributed by atoms with Crippen molar-refractivity contribution in [1.29, 1.82) is 0 Å². The summed E-state index contributed by atoms with van der Waals surface area (Å²) in [5, 5.41) is 16.2. The number of carbonyl (C=O) groups is 4. The number of nitrogens with one attached hydrogen (secondary N) is 2. The van der Waals surface area contributed by atoms with Crippen LogP contribution < -0.4 is 10.6 Å². The molecular formula is C26H28N4O7. The van der Waals surface area contributed by atoms with Crippen LogP contribution in [0.15, 0.2) is 60.3 Å². The minimum Gasteiger partial charge on any atom is -0.466 e. The Morgan fingerprint density at radius 1 is 1.19 bits per heavy atom. The minimum atomic E-state index is -1.13. The van der Waals surface area contributed by atoms with Crippen molar-refractivity contribution in [3.05, 3.63) is 81.5 Å². The zero-order chi connectivity index (χ0) is 26.8. The monoisotopic (exact) mass is 508 g/mol. The summed E-state index contributed by atoms with van der Waals surface area (Å²) in [6, 6.07) is 14.1. The van der Waals surface area contributed by atoms with Gasteiger partial charge in [0.15, 0.2) is 0 Å². The molecule has 37 heavy (non-hydrogen) atoms. The molecule has 0 radical (unpaired) electrons. The van der Waals surface area contributed by atoms with Crippen LogP contribution in [0.5, 0.6) is 0 Å². The topological polar surface area (TPSA) is 148 Å².